The molecule has 5 heteroatoms. The van der Waals surface area contributed by atoms with Crippen molar-refractivity contribution in [3.63, 3.8) is 0 Å². The Morgan fingerprint density at radius 1 is 1.00 bits per heavy atom. The van der Waals surface area contributed by atoms with E-state index in [-0.39, 0.29) is 5.78 Å². The molecule has 2 aliphatic rings. The summed E-state index contributed by atoms with van der Waals surface area (Å²) in [6.45, 7) is 6.31. The van der Waals surface area contributed by atoms with Crippen molar-refractivity contribution in [3.05, 3.63) is 65.0 Å². The van der Waals surface area contributed by atoms with Gasteiger partial charge in [-0.1, -0.05) is 0 Å². The lowest BCUT2D eigenvalue weighted by Crippen LogP contribution is -2.35. The number of pyridine rings is 2. The molecule has 0 bridgehead atoms. The van der Waals surface area contributed by atoms with Gasteiger partial charge in [0.05, 0.1) is 6.54 Å². The number of anilines is 1. The van der Waals surface area contributed by atoms with Crippen LogP contribution in [0.1, 0.15) is 40.2 Å². The minimum absolute atomic E-state index is 0.187. The second-order valence-corrected chi connectivity index (χ2v) is 8.22. The molecule has 1 saturated heterocycles. The fourth-order valence-electron chi connectivity index (χ4n) is 4.43. The average molecular weight is 386 g/mol. The van der Waals surface area contributed by atoms with Crippen LogP contribution in [-0.4, -0.2) is 46.8 Å². The van der Waals surface area contributed by atoms with Crippen LogP contribution in [0.3, 0.4) is 0 Å². The molecule has 0 amide bonds. The fourth-order valence-corrected chi connectivity index (χ4v) is 4.43. The smallest absolute Gasteiger partial charge is 0.176 e. The summed E-state index contributed by atoms with van der Waals surface area (Å²) < 4.78 is 0. The first kappa shape index (κ1) is 18.3. The number of ketones is 1. The maximum atomic E-state index is 12.8. The number of carbonyl (C=O) groups excluding carboxylic acids is 1. The summed E-state index contributed by atoms with van der Waals surface area (Å²) in [5, 5.41) is 1.07. The number of rotatable bonds is 4. The van der Waals surface area contributed by atoms with Gasteiger partial charge >= 0.3 is 0 Å². The highest BCUT2D eigenvalue weighted by atomic mass is 16.1. The molecular weight excluding hydrogens is 360 g/mol. The predicted molar refractivity (Wildman–Crippen MR) is 115 cm³/mol. The number of fused-ring (bicyclic) bond motifs is 2. The van der Waals surface area contributed by atoms with E-state index in [1.807, 2.05) is 25.1 Å². The van der Waals surface area contributed by atoms with E-state index in [4.69, 9.17) is 4.98 Å². The summed E-state index contributed by atoms with van der Waals surface area (Å²) in [5.41, 5.74) is 6.18. The monoisotopic (exact) mass is 386 g/mol. The maximum absolute atomic E-state index is 12.8. The molecule has 2 aliphatic heterocycles. The van der Waals surface area contributed by atoms with Crippen molar-refractivity contribution in [2.24, 2.45) is 0 Å². The van der Waals surface area contributed by atoms with Gasteiger partial charge in [0.15, 0.2) is 11.4 Å². The molecule has 4 heterocycles. The molecule has 29 heavy (non-hydrogen) atoms. The van der Waals surface area contributed by atoms with Crippen molar-refractivity contribution in [1.82, 2.24) is 14.9 Å². The van der Waals surface area contributed by atoms with Crippen molar-refractivity contribution < 1.29 is 4.79 Å². The highest BCUT2D eigenvalue weighted by Crippen LogP contribution is 2.23. The number of benzene rings is 1. The summed E-state index contributed by atoms with van der Waals surface area (Å²) >= 11 is 0. The van der Waals surface area contributed by atoms with E-state index in [0.717, 1.165) is 60.6 Å². The Balaban J connectivity index is 1.28. The summed E-state index contributed by atoms with van der Waals surface area (Å²) in [6, 6.07) is 14.4. The Morgan fingerprint density at radius 2 is 1.79 bits per heavy atom. The average Bonchev–Trinajstić information content (AvgIpc) is 3.27. The van der Waals surface area contributed by atoms with Crippen LogP contribution in [-0.2, 0) is 13.0 Å². The number of aromatic nitrogens is 2. The van der Waals surface area contributed by atoms with E-state index in [0.29, 0.717) is 6.54 Å². The molecule has 0 unspecified atom stereocenters. The van der Waals surface area contributed by atoms with E-state index in [2.05, 4.69) is 39.0 Å². The van der Waals surface area contributed by atoms with Crippen LogP contribution in [0.15, 0.2) is 42.5 Å². The van der Waals surface area contributed by atoms with E-state index < -0.39 is 0 Å². The van der Waals surface area contributed by atoms with Gasteiger partial charge in [-0.25, -0.2) is 9.97 Å². The van der Waals surface area contributed by atoms with E-state index in [1.54, 1.807) is 0 Å². The summed E-state index contributed by atoms with van der Waals surface area (Å²) in [5.74, 6) is 0.187. The first-order chi connectivity index (χ1) is 14.2. The van der Waals surface area contributed by atoms with Gasteiger partial charge in [-0.15, -0.1) is 0 Å². The molecule has 148 valence electrons. The Hall–Kier alpha value is -2.79. The summed E-state index contributed by atoms with van der Waals surface area (Å²) in [7, 11) is 0. The standard InChI is InChI=1S/C24H26N4O/c1-17-4-5-19-14-20-15-27(13-10-22(20)26-24(19)25-17)16-23(29)18-6-8-21(9-7-18)28-11-2-3-12-28/h4-9,14H,2-3,10-13,15-16H2,1H3. The molecule has 3 aromatic rings. The van der Waals surface area contributed by atoms with E-state index >= 15 is 0 Å². The Labute approximate surface area is 171 Å². The number of Topliss-reactive ketones (excluding diaryl/α,β-unsaturated/α-hetero) is 1. The second-order valence-electron chi connectivity index (χ2n) is 8.22. The van der Waals surface area contributed by atoms with Gasteiger partial charge in [-0.05, 0) is 67.8 Å². The molecular formula is C24H26N4O. The summed E-state index contributed by atoms with van der Waals surface area (Å²) in [4.78, 5) is 26.8. The van der Waals surface area contributed by atoms with Gasteiger partial charge in [0, 0.05) is 60.6 Å². The van der Waals surface area contributed by atoms with Crippen LogP contribution < -0.4 is 4.90 Å². The Bertz CT molecular complexity index is 1050. The highest BCUT2D eigenvalue weighted by Gasteiger charge is 2.21. The molecule has 2 aromatic heterocycles. The van der Waals surface area contributed by atoms with Crippen LogP contribution in [0.4, 0.5) is 5.69 Å². The molecule has 5 nitrogen and oxygen atoms in total. The zero-order chi connectivity index (χ0) is 19.8. The molecule has 0 aliphatic carbocycles. The number of hydrogen-bond acceptors (Lipinski definition) is 5. The lowest BCUT2D eigenvalue weighted by Gasteiger charge is -2.27. The van der Waals surface area contributed by atoms with Crippen molar-refractivity contribution in [2.75, 3.05) is 31.1 Å². The van der Waals surface area contributed by atoms with E-state index in [9.17, 15) is 4.79 Å². The number of nitrogens with zero attached hydrogens (tertiary/aromatic N) is 4. The first-order valence-electron chi connectivity index (χ1n) is 10.5. The largest absolute Gasteiger partial charge is 0.372 e. The van der Waals surface area contributed by atoms with Crippen molar-refractivity contribution in [1.29, 1.82) is 0 Å². The van der Waals surface area contributed by atoms with Gasteiger partial charge < -0.3 is 4.90 Å². The third-order valence-corrected chi connectivity index (χ3v) is 6.07. The Kier molecular flexibility index (Phi) is 4.76. The zero-order valence-corrected chi connectivity index (χ0v) is 16.9. The van der Waals surface area contributed by atoms with Gasteiger partial charge in [-0.2, -0.15) is 0 Å². The third-order valence-electron chi connectivity index (χ3n) is 6.07. The van der Waals surface area contributed by atoms with Crippen LogP contribution in [0.5, 0.6) is 0 Å². The van der Waals surface area contributed by atoms with Crippen LogP contribution in [0.25, 0.3) is 11.0 Å². The second kappa shape index (κ2) is 7.56. The molecule has 5 rings (SSSR count). The molecule has 1 fully saturated rings. The van der Waals surface area contributed by atoms with E-state index in [1.165, 1.54) is 24.1 Å². The van der Waals surface area contributed by atoms with Crippen LogP contribution in [0.2, 0.25) is 0 Å². The molecule has 0 saturated carbocycles. The summed E-state index contributed by atoms with van der Waals surface area (Å²) in [6.07, 6.45) is 3.38. The molecule has 0 N–H and O–H groups in total. The highest BCUT2D eigenvalue weighted by molar-refractivity contribution is 5.98. The predicted octanol–water partition coefficient (Wildman–Crippen LogP) is 3.78. The molecule has 0 radical (unpaired) electrons. The zero-order valence-electron chi connectivity index (χ0n) is 16.9. The van der Waals surface area contributed by atoms with Crippen LogP contribution >= 0.6 is 0 Å². The Morgan fingerprint density at radius 3 is 2.59 bits per heavy atom. The normalized spacial score (nSPS) is 16.9. The van der Waals surface area contributed by atoms with Gasteiger partial charge in [0.1, 0.15) is 0 Å². The quantitative estimate of drug-likeness (QED) is 0.639. The molecule has 0 atom stereocenters. The lowest BCUT2D eigenvalue weighted by atomic mass is 10.0. The number of carbonyl (C=O) groups is 1. The minimum atomic E-state index is 0.187. The van der Waals surface area contributed by atoms with Gasteiger partial charge in [0.2, 0.25) is 0 Å². The SMILES string of the molecule is Cc1ccc2cc3c(nc2n1)CCN(CC(=O)c1ccc(N2CCCC2)cc1)C3. The van der Waals surface area contributed by atoms with Crippen molar-refractivity contribution >= 4 is 22.5 Å². The third kappa shape index (κ3) is 3.75. The number of hydrogen-bond donors (Lipinski definition) is 0. The molecule has 0 spiro atoms. The maximum Gasteiger partial charge on any atom is 0.176 e. The lowest BCUT2D eigenvalue weighted by molar-refractivity contribution is 0.0921. The fraction of sp³-hybridized carbons (Fsp3) is 0.375. The van der Waals surface area contributed by atoms with Crippen molar-refractivity contribution in [3.8, 4) is 0 Å². The first-order valence-corrected chi connectivity index (χ1v) is 10.5. The topological polar surface area (TPSA) is 49.3 Å². The molecule has 1 aromatic carbocycles. The minimum Gasteiger partial charge on any atom is -0.372 e. The number of aryl methyl sites for hydroxylation is 1. The van der Waals surface area contributed by atoms with Crippen LogP contribution in [0, 0.1) is 6.92 Å². The van der Waals surface area contributed by atoms with Gasteiger partial charge in [0.25, 0.3) is 0 Å². The van der Waals surface area contributed by atoms with Gasteiger partial charge in [-0.3, -0.25) is 9.69 Å². The van der Waals surface area contributed by atoms with Crippen molar-refractivity contribution in [2.45, 2.75) is 32.7 Å².